The highest BCUT2D eigenvalue weighted by atomic mass is 19.1. The van der Waals surface area contributed by atoms with Crippen molar-refractivity contribution in [2.75, 3.05) is 33.8 Å². The van der Waals surface area contributed by atoms with Crippen molar-refractivity contribution >= 4 is 11.9 Å². The molecule has 0 bridgehead atoms. The van der Waals surface area contributed by atoms with Crippen LogP contribution in [0.5, 0.6) is 0 Å². The van der Waals surface area contributed by atoms with Crippen molar-refractivity contribution in [3.63, 3.8) is 0 Å². The summed E-state index contributed by atoms with van der Waals surface area (Å²) in [5, 5.41) is 3.45. The van der Waals surface area contributed by atoms with Crippen molar-refractivity contribution in [3.8, 4) is 11.1 Å². The lowest BCUT2D eigenvalue weighted by Gasteiger charge is -2.31. The zero-order chi connectivity index (χ0) is 25.7. The Bertz CT molecular complexity index is 1250. The van der Waals surface area contributed by atoms with Crippen molar-refractivity contribution in [2.24, 2.45) is 0 Å². The van der Waals surface area contributed by atoms with Crippen LogP contribution in [-0.4, -0.2) is 61.5 Å². The number of hydrogen-bond acceptors (Lipinski definition) is 5. The number of hydrogen-bond donors (Lipinski definition) is 1. The summed E-state index contributed by atoms with van der Waals surface area (Å²) in [4.78, 5) is 28.8. The number of halogens is 1. The minimum atomic E-state index is -0.496. The summed E-state index contributed by atoms with van der Waals surface area (Å²) in [6.07, 6.45) is 0. The van der Waals surface area contributed by atoms with E-state index in [1.54, 1.807) is 42.3 Å². The number of benzene rings is 3. The number of methoxy groups -OCH3 is 1. The second kappa shape index (κ2) is 11.5. The second-order valence-corrected chi connectivity index (χ2v) is 9.34. The van der Waals surface area contributed by atoms with Gasteiger partial charge in [0.1, 0.15) is 5.82 Å². The van der Waals surface area contributed by atoms with Crippen LogP contribution < -0.4 is 5.32 Å². The van der Waals surface area contributed by atoms with Gasteiger partial charge in [-0.2, -0.15) is 0 Å². The average molecular weight is 490 g/mol. The van der Waals surface area contributed by atoms with Gasteiger partial charge in [0.2, 0.25) is 0 Å². The predicted octanol–water partition coefficient (Wildman–Crippen LogP) is 4.35. The summed E-state index contributed by atoms with van der Waals surface area (Å²) in [6, 6.07) is 19.8. The second-order valence-electron chi connectivity index (χ2n) is 9.34. The van der Waals surface area contributed by atoms with E-state index in [-0.39, 0.29) is 11.7 Å². The highest BCUT2D eigenvalue weighted by molar-refractivity contribution is 5.97. The monoisotopic (exact) mass is 489 g/mol. The zero-order valence-electron chi connectivity index (χ0n) is 21.0. The predicted molar refractivity (Wildman–Crippen MR) is 138 cm³/mol. The quantitative estimate of drug-likeness (QED) is 0.500. The van der Waals surface area contributed by atoms with Gasteiger partial charge in [0, 0.05) is 56.9 Å². The molecule has 1 N–H and O–H groups in total. The van der Waals surface area contributed by atoms with Crippen molar-refractivity contribution < 1.29 is 18.7 Å². The van der Waals surface area contributed by atoms with Crippen LogP contribution >= 0.6 is 0 Å². The molecule has 0 spiro atoms. The molecule has 3 aromatic rings. The van der Waals surface area contributed by atoms with Gasteiger partial charge in [0.05, 0.1) is 12.7 Å². The third-order valence-corrected chi connectivity index (χ3v) is 6.42. The Kier molecular flexibility index (Phi) is 8.13. The zero-order valence-corrected chi connectivity index (χ0v) is 21.0. The Morgan fingerprint density at radius 2 is 1.83 bits per heavy atom. The van der Waals surface area contributed by atoms with E-state index in [9.17, 15) is 14.0 Å². The molecule has 0 radical (unpaired) electrons. The van der Waals surface area contributed by atoms with Gasteiger partial charge in [0.15, 0.2) is 0 Å². The minimum absolute atomic E-state index is 0.237. The molecule has 0 saturated carbocycles. The van der Waals surface area contributed by atoms with Gasteiger partial charge >= 0.3 is 5.97 Å². The van der Waals surface area contributed by atoms with E-state index in [1.807, 2.05) is 18.2 Å². The van der Waals surface area contributed by atoms with Crippen LogP contribution in [0.15, 0.2) is 66.7 Å². The van der Waals surface area contributed by atoms with Gasteiger partial charge in [-0.15, -0.1) is 0 Å². The molecule has 3 aromatic carbocycles. The SMILES string of the molecule is COC(=O)c1cccc(C(=O)N(C)Cc2ccc(F)c(-c3cccc(CN4CCN[C@@H](C)C4)c3)c2)c1. The lowest BCUT2D eigenvalue weighted by molar-refractivity contribution is 0.0600. The Morgan fingerprint density at radius 3 is 2.61 bits per heavy atom. The molecule has 1 fully saturated rings. The minimum Gasteiger partial charge on any atom is -0.465 e. The van der Waals surface area contributed by atoms with E-state index in [0.29, 0.717) is 29.3 Å². The van der Waals surface area contributed by atoms with Crippen LogP contribution in [0.4, 0.5) is 4.39 Å². The summed E-state index contributed by atoms with van der Waals surface area (Å²) in [6.45, 7) is 6.24. The van der Waals surface area contributed by atoms with Gasteiger partial charge in [-0.3, -0.25) is 9.69 Å². The van der Waals surface area contributed by atoms with Crippen LogP contribution in [-0.2, 0) is 17.8 Å². The molecule has 4 rings (SSSR count). The largest absolute Gasteiger partial charge is 0.465 e. The number of nitrogens with zero attached hydrogens (tertiary/aromatic N) is 2. The van der Waals surface area contributed by atoms with Crippen LogP contribution in [0.3, 0.4) is 0 Å². The third-order valence-electron chi connectivity index (χ3n) is 6.42. The summed E-state index contributed by atoms with van der Waals surface area (Å²) in [7, 11) is 2.99. The first-order valence-electron chi connectivity index (χ1n) is 12.1. The van der Waals surface area contributed by atoms with Gasteiger partial charge in [-0.25, -0.2) is 9.18 Å². The molecular formula is C29H32FN3O3. The first-order valence-corrected chi connectivity index (χ1v) is 12.1. The molecule has 0 aromatic heterocycles. The Labute approximate surface area is 211 Å². The molecule has 6 nitrogen and oxygen atoms in total. The van der Waals surface area contributed by atoms with Gasteiger partial charge in [-0.05, 0) is 60.0 Å². The molecule has 1 heterocycles. The van der Waals surface area contributed by atoms with Crippen LogP contribution in [0.1, 0.15) is 38.8 Å². The van der Waals surface area contributed by atoms with Crippen molar-refractivity contribution in [1.82, 2.24) is 15.1 Å². The molecule has 188 valence electrons. The maximum atomic E-state index is 14.9. The third kappa shape index (κ3) is 6.17. The summed E-state index contributed by atoms with van der Waals surface area (Å²) in [5.74, 6) is -1.03. The summed E-state index contributed by atoms with van der Waals surface area (Å²) in [5.41, 5.74) is 3.98. The molecule has 1 aliphatic rings. The molecule has 36 heavy (non-hydrogen) atoms. The number of amides is 1. The molecule has 1 saturated heterocycles. The fraction of sp³-hybridized carbons (Fsp3) is 0.310. The Hall–Kier alpha value is -3.55. The van der Waals surface area contributed by atoms with Crippen LogP contribution in [0, 0.1) is 5.82 Å². The number of carbonyl (C=O) groups excluding carboxylic acids is 2. The number of nitrogens with one attached hydrogen (secondary N) is 1. The number of ether oxygens (including phenoxy) is 1. The van der Waals surface area contributed by atoms with Crippen molar-refractivity contribution in [2.45, 2.75) is 26.1 Å². The van der Waals surface area contributed by atoms with Crippen molar-refractivity contribution in [3.05, 3.63) is 94.8 Å². The van der Waals surface area contributed by atoms with E-state index in [4.69, 9.17) is 4.74 Å². The molecule has 1 amide bonds. The van der Waals surface area contributed by atoms with Crippen LogP contribution in [0.25, 0.3) is 11.1 Å². The molecule has 1 aliphatic heterocycles. The van der Waals surface area contributed by atoms with E-state index in [0.717, 1.165) is 42.9 Å². The lowest BCUT2D eigenvalue weighted by Crippen LogP contribution is -2.48. The fourth-order valence-corrected chi connectivity index (χ4v) is 4.61. The van der Waals surface area contributed by atoms with Gasteiger partial charge in [-0.1, -0.05) is 30.3 Å². The van der Waals surface area contributed by atoms with Gasteiger partial charge in [0.25, 0.3) is 5.91 Å². The molecule has 0 aliphatic carbocycles. The smallest absolute Gasteiger partial charge is 0.337 e. The number of carbonyl (C=O) groups is 2. The molecule has 1 atom stereocenters. The van der Waals surface area contributed by atoms with E-state index < -0.39 is 5.97 Å². The normalized spacial score (nSPS) is 15.9. The fourth-order valence-electron chi connectivity index (χ4n) is 4.61. The molecular weight excluding hydrogens is 457 g/mol. The van der Waals surface area contributed by atoms with Crippen molar-refractivity contribution in [1.29, 1.82) is 0 Å². The number of esters is 1. The average Bonchev–Trinajstić information content (AvgIpc) is 2.89. The van der Waals surface area contributed by atoms with E-state index in [1.165, 1.54) is 19.2 Å². The highest BCUT2D eigenvalue weighted by Crippen LogP contribution is 2.26. The van der Waals surface area contributed by atoms with E-state index in [2.05, 4.69) is 23.2 Å². The topological polar surface area (TPSA) is 61.9 Å². The highest BCUT2D eigenvalue weighted by Gasteiger charge is 2.18. The Balaban J connectivity index is 1.50. The van der Waals surface area contributed by atoms with Crippen LogP contribution in [0.2, 0.25) is 0 Å². The molecule has 7 heteroatoms. The number of piperazine rings is 1. The summed E-state index contributed by atoms with van der Waals surface area (Å²) >= 11 is 0. The first kappa shape index (κ1) is 25.5. The van der Waals surface area contributed by atoms with Gasteiger partial charge < -0.3 is 15.0 Å². The summed E-state index contributed by atoms with van der Waals surface area (Å²) < 4.78 is 19.6. The maximum absolute atomic E-state index is 14.9. The first-order chi connectivity index (χ1) is 17.3. The standard InChI is InChI=1S/C29H32FN3O3/c1-20-17-33(13-12-31-20)19-21-6-4-7-23(14-21)26-15-22(10-11-27(26)30)18-32(2)28(34)24-8-5-9-25(16-24)29(35)36-3/h4-11,14-16,20,31H,12-13,17-19H2,1-3H3/t20-/m0/s1. The molecule has 0 unspecified atom stereocenters. The lowest BCUT2D eigenvalue weighted by atomic mass is 9.99. The maximum Gasteiger partial charge on any atom is 0.337 e. The number of rotatable bonds is 7. The Morgan fingerprint density at radius 1 is 1.06 bits per heavy atom. The van der Waals surface area contributed by atoms with E-state index >= 15 is 0 Å².